The number of hydrogen-bond acceptors (Lipinski definition) is 3. The van der Waals surface area contributed by atoms with Crippen LogP contribution in [-0.4, -0.2) is 31.7 Å². The van der Waals surface area contributed by atoms with Crippen molar-refractivity contribution in [1.82, 2.24) is 5.32 Å². The van der Waals surface area contributed by atoms with Gasteiger partial charge in [-0.15, -0.1) is 12.4 Å². The zero-order valence-electron chi connectivity index (χ0n) is 9.11. The Morgan fingerprint density at radius 2 is 2.12 bits per heavy atom. The van der Waals surface area contributed by atoms with E-state index in [4.69, 9.17) is 4.74 Å². The average molecular weight is 261 g/mol. The van der Waals surface area contributed by atoms with Gasteiger partial charge < -0.3 is 15.4 Å². The molecule has 17 heavy (non-hydrogen) atoms. The van der Waals surface area contributed by atoms with Gasteiger partial charge in [-0.3, -0.25) is 4.79 Å². The maximum Gasteiger partial charge on any atom is 0.254 e. The Bertz CT molecular complexity index is 366. The zero-order chi connectivity index (χ0) is 11.4. The standard InChI is InChI=1S/C11H13FN2O2.ClH/c12-8-1-3-9(4-2-8)14-11(15)10-7-13-5-6-16-10;/h1-4,10,13H,5-7H2,(H,14,15);1H. The average Bonchev–Trinajstić information content (AvgIpc) is 2.33. The topological polar surface area (TPSA) is 50.4 Å². The molecular weight excluding hydrogens is 247 g/mol. The first kappa shape index (κ1) is 13.9. The van der Waals surface area contributed by atoms with E-state index in [2.05, 4.69) is 10.6 Å². The molecule has 0 aliphatic carbocycles. The molecule has 1 aromatic rings. The van der Waals surface area contributed by atoms with Crippen LogP contribution in [0.15, 0.2) is 24.3 Å². The number of amides is 1. The van der Waals surface area contributed by atoms with Crippen molar-refractivity contribution in [1.29, 1.82) is 0 Å². The van der Waals surface area contributed by atoms with E-state index in [1.807, 2.05) is 0 Å². The molecule has 0 radical (unpaired) electrons. The van der Waals surface area contributed by atoms with Gasteiger partial charge in [0.2, 0.25) is 0 Å². The van der Waals surface area contributed by atoms with Crippen molar-refractivity contribution in [3.05, 3.63) is 30.1 Å². The minimum absolute atomic E-state index is 0. The van der Waals surface area contributed by atoms with Crippen LogP contribution in [0.3, 0.4) is 0 Å². The molecule has 1 saturated heterocycles. The smallest absolute Gasteiger partial charge is 0.254 e. The first-order chi connectivity index (χ1) is 7.75. The molecule has 6 heteroatoms. The van der Waals surface area contributed by atoms with Crippen LogP contribution in [0.4, 0.5) is 10.1 Å². The van der Waals surface area contributed by atoms with Crippen LogP contribution in [0.5, 0.6) is 0 Å². The van der Waals surface area contributed by atoms with Crippen LogP contribution < -0.4 is 10.6 Å². The lowest BCUT2D eigenvalue weighted by Crippen LogP contribution is -2.45. The minimum Gasteiger partial charge on any atom is -0.366 e. The number of ether oxygens (including phenoxy) is 1. The number of nitrogens with one attached hydrogen (secondary N) is 2. The fourth-order valence-electron chi connectivity index (χ4n) is 1.49. The van der Waals surface area contributed by atoms with Crippen molar-refractivity contribution in [2.75, 3.05) is 25.0 Å². The lowest BCUT2D eigenvalue weighted by Gasteiger charge is -2.22. The summed E-state index contributed by atoms with van der Waals surface area (Å²) in [5.74, 6) is -0.535. The van der Waals surface area contributed by atoms with E-state index in [-0.39, 0.29) is 24.1 Å². The molecule has 1 fully saturated rings. The number of rotatable bonds is 2. The van der Waals surface area contributed by atoms with Crippen molar-refractivity contribution in [2.45, 2.75) is 6.10 Å². The van der Waals surface area contributed by atoms with E-state index in [1.54, 1.807) is 0 Å². The van der Waals surface area contributed by atoms with Gasteiger partial charge >= 0.3 is 0 Å². The van der Waals surface area contributed by atoms with Crippen molar-refractivity contribution < 1.29 is 13.9 Å². The first-order valence-corrected chi connectivity index (χ1v) is 5.14. The van der Waals surface area contributed by atoms with Crippen molar-refractivity contribution in [3.63, 3.8) is 0 Å². The van der Waals surface area contributed by atoms with Gasteiger partial charge in [0.05, 0.1) is 6.61 Å². The van der Waals surface area contributed by atoms with E-state index < -0.39 is 6.10 Å². The lowest BCUT2D eigenvalue weighted by atomic mass is 10.2. The molecule has 0 bridgehead atoms. The molecule has 4 nitrogen and oxygen atoms in total. The second-order valence-corrected chi connectivity index (χ2v) is 3.56. The molecule has 1 atom stereocenters. The van der Waals surface area contributed by atoms with Crippen LogP contribution in [0.1, 0.15) is 0 Å². The van der Waals surface area contributed by atoms with E-state index in [9.17, 15) is 9.18 Å². The summed E-state index contributed by atoms with van der Waals surface area (Å²) < 4.78 is 17.9. The molecule has 1 aromatic carbocycles. The first-order valence-electron chi connectivity index (χ1n) is 5.14. The Balaban J connectivity index is 0.00000144. The van der Waals surface area contributed by atoms with Crippen molar-refractivity contribution >= 4 is 24.0 Å². The Labute approximate surface area is 105 Å². The summed E-state index contributed by atoms with van der Waals surface area (Å²) >= 11 is 0. The van der Waals surface area contributed by atoms with Gasteiger partial charge in [0.15, 0.2) is 0 Å². The third-order valence-electron chi connectivity index (χ3n) is 2.33. The predicted molar refractivity (Wildman–Crippen MR) is 64.9 cm³/mol. The normalized spacial score (nSPS) is 19.2. The molecule has 0 spiro atoms. The summed E-state index contributed by atoms with van der Waals surface area (Å²) in [7, 11) is 0. The van der Waals surface area contributed by atoms with Gasteiger partial charge in [0, 0.05) is 18.8 Å². The number of benzene rings is 1. The molecule has 1 heterocycles. The van der Waals surface area contributed by atoms with Gasteiger partial charge in [0.1, 0.15) is 11.9 Å². The van der Waals surface area contributed by atoms with Crippen molar-refractivity contribution in [2.24, 2.45) is 0 Å². The molecule has 2 N–H and O–H groups in total. The zero-order valence-corrected chi connectivity index (χ0v) is 9.93. The molecule has 2 rings (SSSR count). The molecular formula is C11H14ClFN2O2. The summed E-state index contributed by atoms with van der Waals surface area (Å²) in [6.07, 6.45) is -0.473. The second kappa shape index (κ2) is 6.54. The second-order valence-electron chi connectivity index (χ2n) is 3.56. The highest BCUT2D eigenvalue weighted by Gasteiger charge is 2.21. The summed E-state index contributed by atoms with van der Waals surface area (Å²) in [5, 5.41) is 5.73. The number of anilines is 1. The SMILES string of the molecule is Cl.O=C(Nc1ccc(F)cc1)C1CNCCO1. The summed E-state index contributed by atoms with van der Waals surface area (Å²) in [6, 6.07) is 5.64. The monoisotopic (exact) mass is 260 g/mol. The van der Waals surface area contributed by atoms with Gasteiger partial charge in [-0.25, -0.2) is 4.39 Å². The number of morpholine rings is 1. The van der Waals surface area contributed by atoms with Gasteiger partial charge in [-0.2, -0.15) is 0 Å². The number of carbonyl (C=O) groups excluding carboxylic acids is 1. The quantitative estimate of drug-likeness (QED) is 0.839. The summed E-state index contributed by atoms with van der Waals surface area (Å²) in [5.41, 5.74) is 0.570. The number of carbonyl (C=O) groups is 1. The Morgan fingerprint density at radius 1 is 1.41 bits per heavy atom. The lowest BCUT2D eigenvalue weighted by molar-refractivity contribution is -0.128. The largest absolute Gasteiger partial charge is 0.366 e. The molecule has 94 valence electrons. The molecule has 0 saturated carbocycles. The van der Waals surface area contributed by atoms with Gasteiger partial charge in [0.25, 0.3) is 5.91 Å². The molecule has 1 unspecified atom stereocenters. The van der Waals surface area contributed by atoms with E-state index in [0.717, 1.165) is 6.54 Å². The molecule has 1 aliphatic rings. The Kier molecular flexibility index (Phi) is 5.34. The van der Waals surface area contributed by atoms with Crippen LogP contribution in [0, 0.1) is 5.82 Å². The van der Waals surface area contributed by atoms with Gasteiger partial charge in [-0.05, 0) is 24.3 Å². The highest BCUT2D eigenvalue weighted by Crippen LogP contribution is 2.09. The maximum atomic E-state index is 12.6. The van der Waals surface area contributed by atoms with Crippen LogP contribution >= 0.6 is 12.4 Å². The highest BCUT2D eigenvalue weighted by atomic mass is 35.5. The summed E-state index contributed by atoms with van der Waals surface area (Å²) in [6.45, 7) is 1.80. The van der Waals surface area contributed by atoms with Crippen LogP contribution in [0.2, 0.25) is 0 Å². The van der Waals surface area contributed by atoms with Crippen LogP contribution in [-0.2, 0) is 9.53 Å². The minimum atomic E-state index is -0.473. The summed E-state index contributed by atoms with van der Waals surface area (Å²) in [4.78, 5) is 11.7. The molecule has 0 aromatic heterocycles. The maximum absolute atomic E-state index is 12.6. The Hall–Kier alpha value is -1.17. The fourth-order valence-corrected chi connectivity index (χ4v) is 1.49. The predicted octanol–water partition coefficient (Wildman–Crippen LogP) is 1.17. The molecule has 1 amide bonds. The third kappa shape index (κ3) is 3.96. The van der Waals surface area contributed by atoms with E-state index in [0.29, 0.717) is 18.8 Å². The molecule has 1 aliphatic heterocycles. The fraction of sp³-hybridized carbons (Fsp3) is 0.364. The highest BCUT2D eigenvalue weighted by molar-refractivity contribution is 5.94. The van der Waals surface area contributed by atoms with Crippen molar-refractivity contribution in [3.8, 4) is 0 Å². The number of hydrogen-bond donors (Lipinski definition) is 2. The van der Waals surface area contributed by atoms with E-state index >= 15 is 0 Å². The number of halogens is 2. The van der Waals surface area contributed by atoms with Gasteiger partial charge in [-0.1, -0.05) is 0 Å². The Morgan fingerprint density at radius 3 is 2.71 bits per heavy atom. The van der Waals surface area contributed by atoms with E-state index in [1.165, 1.54) is 24.3 Å². The third-order valence-corrected chi connectivity index (χ3v) is 2.33. The van der Waals surface area contributed by atoms with Crippen LogP contribution in [0.25, 0.3) is 0 Å².